The molecule has 0 spiro atoms. The van der Waals surface area contributed by atoms with Gasteiger partial charge in [-0.15, -0.1) is 0 Å². The first-order chi connectivity index (χ1) is 10.4. The quantitative estimate of drug-likeness (QED) is 0.809. The van der Waals surface area contributed by atoms with Gasteiger partial charge in [-0.25, -0.2) is 0 Å². The van der Waals surface area contributed by atoms with Gasteiger partial charge in [0.2, 0.25) is 5.91 Å². The highest BCUT2D eigenvalue weighted by atomic mass is 19.4. The van der Waals surface area contributed by atoms with Crippen LogP contribution in [0.4, 0.5) is 13.2 Å². The van der Waals surface area contributed by atoms with Crippen LogP contribution in [-0.2, 0) is 11.0 Å². The average Bonchev–Trinajstić information content (AvgIpc) is 2.71. The van der Waals surface area contributed by atoms with Crippen molar-refractivity contribution < 1.29 is 18.0 Å². The summed E-state index contributed by atoms with van der Waals surface area (Å²) in [6.45, 7) is 1.75. The Morgan fingerprint density at radius 3 is 2.55 bits per heavy atom. The maximum absolute atomic E-state index is 13.3. The second-order valence-corrected chi connectivity index (χ2v) is 5.86. The summed E-state index contributed by atoms with van der Waals surface area (Å²) in [7, 11) is 0. The number of hydrogen-bond donors (Lipinski definition) is 1. The number of hydrogen-bond acceptors (Lipinski definition) is 1. The molecule has 2 nitrogen and oxygen atoms in total. The van der Waals surface area contributed by atoms with Crippen molar-refractivity contribution in [1.29, 1.82) is 0 Å². The average molecular weight is 313 g/mol. The van der Waals surface area contributed by atoms with Crippen molar-refractivity contribution >= 4 is 5.91 Å². The molecule has 1 aliphatic rings. The van der Waals surface area contributed by atoms with E-state index in [1.165, 1.54) is 6.07 Å². The van der Waals surface area contributed by atoms with Crippen molar-refractivity contribution in [2.24, 2.45) is 0 Å². The Morgan fingerprint density at radius 2 is 1.86 bits per heavy atom. The van der Waals surface area contributed by atoms with Gasteiger partial charge >= 0.3 is 6.18 Å². The minimum atomic E-state index is -4.36. The number of alkyl halides is 3. The zero-order valence-corrected chi connectivity index (χ0v) is 12.7. The number of amides is 1. The summed E-state index contributed by atoms with van der Waals surface area (Å²) in [5, 5.41) is 2.93. The van der Waals surface area contributed by atoms with E-state index in [0.29, 0.717) is 18.4 Å². The second-order valence-electron chi connectivity index (χ2n) is 5.86. The van der Waals surface area contributed by atoms with Crippen LogP contribution in [0.5, 0.6) is 0 Å². The van der Waals surface area contributed by atoms with Crippen LogP contribution >= 0.6 is 0 Å². The van der Waals surface area contributed by atoms with Gasteiger partial charge in [-0.3, -0.25) is 4.79 Å². The summed E-state index contributed by atoms with van der Waals surface area (Å²) in [6.07, 6.45) is 0.259. The second kappa shape index (κ2) is 7.16. The third-order valence-electron chi connectivity index (χ3n) is 4.35. The van der Waals surface area contributed by atoms with Crippen molar-refractivity contribution in [3.8, 4) is 0 Å². The molecule has 0 radical (unpaired) electrons. The summed E-state index contributed by atoms with van der Waals surface area (Å²) >= 11 is 0. The fourth-order valence-electron chi connectivity index (χ4n) is 3.24. The number of benzene rings is 1. The van der Waals surface area contributed by atoms with Crippen LogP contribution in [0.2, 0.25) is 0 Å². The first-order valence-corrected chi connectivity index (χ1v) is 7.89. The van der Waals surface area contributed by atoms with Gasteiger partial charge in [0.15, 0.2) is 0 Å². The lowest BCUT2D eigenvalue weighted by molar-refractivity contribution is -0.138. The predicted molar refractivity (Wildman–Crippen MR) is 79.5 cm³/mol. The molecule has 0 heterocycles. The summed E-state index contributed by atoms with van der Waals surface area (Å²) in [4.78, 5) is 11.7. The van der Waals surface area contributed by atoms with E-state index in [-0.39, 0.29) is 17.9 Å². The SMILES string of the molecule is CCC(=O)N[C@H]1CCCCC[C@H]1c1ccccc1C(F)(F)F. The first-order valence-electron chi connectivity index (χ1n) is 7.89. The molecule has 0 bridgehead atoms. The molecule has 1 saturated carbocycles. The minimum Gasteiger partial charge on any atom is -0.353 e. The maximum Gasteiger partial charge on any atom is 0.416 e. The van der Waals surface area contributed by atoms with E-state index in [4.69, 9.17) is 0 Å². The van der Waals surface area contributed by atoms with E-state index in [2.05, 4.69) is 5.32 Å². The number of nitrogens with one attached hydrogen (secondary N) is 1. The molecule has 5 heteroatoms. The van der Waals surface area contributed by atoms with Crippen molar-refractivity contribution in [2.75, 3.05) is 0 Å². The van der Waals surface area contributed by atoms with Crippen molar-refractivity contribution in [1.82, 2.24) is 5.32 Å². The highest BCUT2D eigenvalue weighted by molar-refractivity contribution is 5.76. The summed E-state index contributed by atoms with van der Waals surface area (Å²) in [5.41, 5.74) is -0.254. The van der Waals surface area contributed by atoms with Gasteiger partial charge in [0.25, 0.3) is 0 Å². The highest BCUT2D eigenvalue weighted by Gasteiger charge is 2.37. The molecule has 1 aliphatic carbocycles. The Bertz CT molecular complexity index is 513. The molecule has 0 unspecified atom stereocenters. The Kier molecular flexibility index (Phi) is 5.48. The normalized spacial score (nSPS) is 22.9. The minimum absolute atomic E-state index is 0.0959. The van der Waals surface area contributed by atoms with E-state index in [9.17, 15) is 18.0 Å². The third kappa shape index (κ3) is 4.02. The number of carbonyl (C=O) groups excluding carboxylic acids is 1. The van der Waals surface area contributed by atoms with Crippen LogP contribution in [-0.4, -0.2) is 11.9 Å². The van der Waals surface area contributed by atoms with Crippen LogP contribution in [0.15, 0.2) is 24.3 Å². The molecular weight excluding hydrogens is 291 g/mol. The molecule has 1 N–H and O–H groups in total. The molecule has 0 aromatic heterocycles. The number of rotatable bonds is 3. The fraction of sp³-hybridized carbons (Fsp3) is 0.588. The van der Waals surface area contributed by atoms with Gasteiger partial charge in [-0.2, -0.15) is 13.2 Å². The lowest BCUT2D eigenvalue weighted by Gasteiger charge is -2.28. The van der Waals surface area contributed by atoms with E-state index < -0.39 is 11.7 Å². The summed E-state index contributed by atoms with van der Waals surface area (Å²) in [6, 6.07) is 5.55. The molecule has 2 atom stereocenters. The lowest BCUT2D eigenvalue weighted by atomic mass is 9.84. The predicted octanol–water partition coefficient (Wildman–Crippen LogP) is 4.65. The first kappa shape index (κ1) is 16.8. The monoisotopic (exact) mass is 313 g/mol. The Labute approximate surface area is 129 Å². The zero-order chi connectivity index (χ0) is 16.2. The van der Waals surface area contributed by atoms with Crippen LogP contribution in [0.3, 0.4) is 0 Å². The van der Waals surface area contributed by atoms with E-state index in [1.54, 1.807) is 19.1 Å². The van der Waals surface area contributed by atoms with E-state index in [1.807, 2.05) is 0 Å². The van der Waals surface area contributed by atoms with Crippen LogP contribution < -0.4 is 5.32 Å². The Balaban J connectivity index is 2.35. The zero-order valence-electron chi connectivity index (χ0n) is 12.7. The van der Waals surface area contributed by atoms with Crippen molar-refractivity contribution in [3.63, 3.8) is 0 Å². The van der Waals surface area contributed by atoms with Gasteiger partial charge in [-0.1, -0.05) is 44.4 Å². The van der Waals surface area contributed by atoms with Crippen LogP contribution in [0.25, 0.3) is 0 Å². The standard InChI is InChI=1S/C17H22F3NO/c1-2-16(22)21-15-11-5-3-4-9-13(15)12-8-6-7-10-14(12)17(18,19)20/h6-8,10,13,15H,2-5,9,11H2,1H3,(H,21,22)/t13-,15-/m0/s1. The number of carbonyl (C=O) groups is 1. The van der Waals surface area contributed by atoms with Gasteiger partial charge in [0, 0.05) is 18.4 Å². The molecule has 122 valence electrons. The lowest BCUT2D eigenvalue weighted by Crippen LogP contribution is -2.39. The third-order valence-corrected chi connectivity index (χ3v) is 4.35. The molecule has 1 fully saturated rings. The van der Waals surface area contributed by atoms with E-state index in [0.717, 1.165) is 31.7 Å². The molecule has 0 aliphatic heterocycles. The van der Waals surface area contributed by atoms with Gasteiger partial charge in [0.05, 0.1) is 5.56 Å². The molecule has 1 aromatic carbocycles. The Hall–Kier alpha value is -1.52. The van der Waals surface area contributed by atoms with E-state index >= 15 is 0 Å². The molecular formula is C17H22F3NO. The molecule has 2 rings (SSSR count). The van der Waals surface area contributed by atoms with Crippen LogP contribution in [0.1, 0.15) is 62.5 Å². The van der Waals surface area contributed by atoms with Gasteiger partial charge in [0.1, 0.15) is 0 Å². The fourth-order valence-corrected chi connectivity index (χ4v) is 3.24. The maximum atomic E-state index is 13.3. The highest BCUT2D eigenvalue weighted by Crippen LogP contribution is 2.40. The van der Waals surface area contributed by atoms with Gasteiger partial charge < -0.3 is 5.32 Å². The number of halogens is 3. The van der Waals surface area contributed by atoms with Crippen molar-refractivity contribution in [2.45, 2.75) is 63.6 Å². The summed E-state index contributed by atoms with van der Waals surface area (Å²) in [5.74, 6) is -0.364. The Morgan fingerprint density at radius 1 is 1.18 bits per heavy atom. The van der Waals surface area contributed by atoms with Gasteiger partial charge in [-0.05, 0) is 24.5 Å². The molecule has 0 saturated heterocycles. The molecule has 1 amide bonds. The largest absolute Gasteiger partial charge is 0.416 e. The van der Waals surface area contributed by atoms with Crippen LogP contribution in [0, 0.1) is 0 Å². The molecule has 1 aromatic rings. The molecule has 22 heavy (non-hydrogen) atoms. The van der Waals surface area contributed by atoms with Crippen molar-refractivity contribution in [3.05, 3.63) is 35.4 Å². The topological polar surface area (TPSA) is 29.1 Å². The smallest absolute Gasteiger partial charge is 0.353 e. The summed E-state index contributed by atoms with van der Waals surface area (Å²) < 4.78 is 39.8.